The van der Waals surface area contributed by atoms with E-state index < -0.39 is 29.1 Å². The molecule has 2 aromatic carbocycles. The number of benzene rings is 2. The molecule has 5 amide bonds. The van der Waals surface area contributed by atoms with Gasteiger partial charge in [0.25, 0.3) is 5.91 Å². The first-order valence-corrected chi connectivity index (χ1v) is 25.1. The van der Waals surface area contributed by atoms with Gasteiger partial charge in [0.15, 0.2) is 0 Å². The Morgan fingerprint density at radius 3 is 2.30 bits per heavy atom. The second kappa shape index (κ2) is 20.6. The summed E-state index contributed by atoms with van der Waals surface area (Å²) in [5, 5.41) is 8.98. The van der Waals surface area contributed by atoms with E-state index in [1.807, 2.05) is 29.2 Å². The van der Waals surface area contributed by atoms with E-state index in [-0.39, 0.29) is 47.7 Å². The zero-order valence-electron chi connectivity index (χ0n) is 40.2. The smallest absolute Gasteiger partial charge is 0.255 e. The van der Waals surface area contributed by atoms with Crippen LogP contribution in [0, 0.1) is 17.0 Å². The highest BCUT2D eigenvalue weighted by Crippen LogP contribution is 2.35. The monoisotopic (exact) mass is 952 g/mol. The van der Waals surface area contributed by atoms with Gasteiger partial charge >= 0.3 is 0 Å². The van der Waals surface area contributed by atoms with Crippen molar-refractivity contribution in [1.29, 1.82) is 0 Å². The van der Waals surface area contributed by atoms with Crippen LogP contribution in [0.15, 0.2) is 42.7 Å². The SMILES string of the molecule is CC1(C)CCN(Cc2cc(F)c(N3CC(=O)NC4(CCN(c5cc(NCCCCCCCC(=O)N6CCN(c7ccc8c(c7)CN(C7CCC(=O)NC7=O)C8=O)CC6)ncn5)CC4)C3)cc2F)CC1. The largest absolute Gasteiger partial charge is 0.370 e. The molecule has 16 nitrogen and oxygen atoms in total. The molecule has 18 heteroatoms. The molecule has 1 unspecified atom stereocenters. The van der Waals surface area contributed by atoms with Crippen molar-refractivity contribution in [3.8, 4) is 0 Å². The molecule has 1 atom stereocenters. The summed E-state index contributed by atoms with van der Waals surface area (Å²) < 4.78 is 31.2. The van der Waals surface area contributed by atoms with Gasteiger partial charge in [-0.2, -0.15) is 0 Å². The Kier molecular flexibility index (Phi) is 14.4. The van der Waals surface area contributed by atoms with E-state index in [2.05, 4.69) is 54.5 Å². The fourth-order valence-electron chi connectivity index (χ4n) is 11.0. The Bertz CT molecular complexity index is 2410. The molecule has 1 spiro atoms. The molecule has 9 rings (SSSR count). The third-order valence-electron chi connectivity index (χ3n) is 15.4. The van der Waals surface area contributed by atoms with Crippen molar-refractivity contribution >= 4 is 52.5 Å². The van der Waals surface area contributed by atoms with Gasteiger partial charge in [-0.05, 0) is 93.3 Å². The second-order valence-electron chi connectivity index (χ2n) is 20.8. The minimum atomic E-state index is -0.639. The second-order valence-corrected chi connectivity index (χ2v) is 20.8. The van der Waals surface area contributed by atoms with Gasteiger partial charge in [-0.25, -0.2) is 18.7 Å². The van der Waals surface area contributed by atoms with Gasteiger partial charge < -0.3 is 35.1 Å². The summed E-state index contributed by atoms with van der Waals surface area (Å²) in [5.74, 6) is -0.298. The molecule has 3 N–H and O–H groups in total. The standard InChI is InChI=1S/C51H67F2N11O5/c1-50(2)13-18-59(19-14-50)30-36-27-40(53)42(28-39(36)52)63-32-46(66)58-51(33-63)15-20-61(21-16-51)44-29-43(55-34-56-44)54-17-7-5-3-4-6-8-47(67)62-24-22-60(23-25-62)37-9-10-38-35(26-37)31-64(49(38)69)41-11-12-45(65)57-48(41)68/h9-10,26-29,34,41H,3-8,11-25,30-33H2,1-2H3,(H,58,66)(H,54,55,56)(H,57,65,68). The van der Waals surface area contributed by atoms with E-state index in [4.69, 9.17) is 0 Å². The maximum absolute atomic E-state index is 15.7. The number of aromatic nitrogens is 2. The Morgan fingerprint density at radius 2 is 1.54 bits per heavy atom. The number of nitrogens with one attached hydrogen (secondary N) is 3. The summed E-state index contributed by atoms with van der Waals surface area (Å²) in [6.45, 7) is 12.0. The minimum absolute atomic E-state index is 0.0217. The fourth-order valence-corrected chi connectivity index (χ4v) is 11.0. The average molecular weight is 952 g/mol. The summed E-state index contributed by atoms with van der Waals surface area (Å²) in [5.41, 5.74) is 2.66. The third kappa shape index (κ3) is 11.3. The number of piperidine rings is 3. The number of imide groups is 1. The first-order chi connectivity index (χ1) is 33.2. The molecule has 0 bridgehead atoms. The number of carbonyl (C=O) groups excluding carboxylic acids is 5. The van der Waals surface area contributed by atoms with Gasteiger partial charge in [0.2, 0.25) is 23.6 Å². The number of hydrogen-bond donors (Lipinski definition) is 3. The van der Waals surface area contributed by atoms with E-state index in [9.17, 15) is 24.0 Å². The van der Waals surface area contributed by atoms with Gasteiger partial charge in [0, 0.05) is 107 Å². The van der Waals surface area contributed by atoms with Crippen LogP contribution in [0.2, 0.25) is 0 Å². The average Bonchev–Trinajstić information content (AvgIpc) is 3.66. The van der Waals surface area contributed by atoms with Crippen molar-refractivity contribution in [3.63, 3.8) is 0 Å². The lowest BCUT2D eigenvalue weighted by atomic mass is 9.82. The number of carbonyl (C=O) groups is 5. The van der Waals surface area contributed by atoms with Crippen LogP contribution >= 0.6 is 0 Å². The van der Waals surface area contributed by atoms with Crippen molar-refractivity contribution in [2.75, 3.05) is 92.0 Å². The van der Waals surface area contributed by atoms with Crippen LogP contribution in [0.3, 0.4) is 0 Å². The highest BCUT2D eigenvalue weighted by molar-refractivity contribution is 6.05. The van der Waals surface area contributed by atoms with E-state index in [0.29, 0.717) is 95.7 Å². The Morgan fingerprint density at radius 1 is 0.783 bits per heavy atom. The highest BCUT2D eigenvalue weighted by Gasteiger charge is 2.43. The lowest BCUT2D eigenvalue weighted by molar-refractivity contribution is -0.137. The molecule has 1 aromatic heterocycles. The topological polar surface area (TPSA) is 167 Å². The molecule has 7 heterocycles. The van der Waals surface area contributed by atoms with Crippen LogP contribution in [-0.4, -0.2) is 138 Å². The highest BCUT2D eigenvalue weighted by atomic mass is 19.1. The molecule has 5 fully saturated rings. The van der Waals surface area contributed by atoms with Gasteiger partial charge in [-0.1, -0.05) is 33.1 Å². The van der Waals surface area contributed by atoms with Gasteiger partial charge in [0.1, 0.15) is 35.6 Å². The van der Waals surface area contributed by atoms with E-state index in [1.54, 1.807) is 16.1 Å². The van der Waals surface area contributed by atoms with Crippen molar-refractivity contribution in [2.24, 2.45) is 5.41 Å². The molecule has 370 valence electrons. The van der Waals surface area contributed by atoms with Gasteiger partial charge in [-0.3, -0.25) is 34.2 Å². The summed E-state index contributed by atoms with van der Waals surface area (Å²) in [6.07, 6.45) is 10.8. The van der Waals surface area contributed by atoms with Crippen LogP contribution in [-0.2, 0) is 32.3 Å². The minimum Gasteiger partial charge on any atom is -0.370 e. The maximum atomic E-state index is 15.7. The molecular weight excluding hydrogens is 885 g/mol. The number of nitrogens with zero attached hydrogens (tertiary/aromatic N) is 8. The molecule has 0 aliphatic carbocycles. The van der Waals surface area contributed by atoms with E-state index >= 15 is 8.78 Å². The Labute approximate surface area is 403 Å². The van der Waals surface area contributed by atoms with Crippen molar-refractivity contribution < 1.29 is 32.8 Å². The van der Waals surface area contributed by atoms with Crippen LogP contribution in [0.5, 0.6) is 0 Å². The summed E-state index contributed by atoms with van der Waals surface area (Å²) in [7, 11) is 0. The van der Waals surface area contributed by atoms with E-state index in [0.717, 1.165) is 87.5 Å². The third-order valence-corrected chi connectivity index (χ3v) is 15.4. The number of amides is 5. The quantitative estimate of drug-likeness (QED) is 0.135. The lowest BCUT2D eigenvalue weighted by Gasteiger charge is -2.48. The number of likely N-dealkylation sites (tertiary alicyclic amines) is 1. The van der Waals surface area contributed by atoms with E-state index in [1.165, 1.54) is 12.1 Å². The predicted octanol–water partition coefficient (Wildman–Crippen LogP) is 5.21. The van der Waals surface area contributed by atoms with Crippen LogP contribution in [0.1, 0.15) is 112 Å². The van der Waals surface area contributed by atoms with Gasteiger partial charge in [-0.15, -0.1) is 0 Å². The summed E-state index contributed by atoms with van der Waals surface area (Å²) in [4.78, 5) is 84.1. The van der Waals surface area contributed by atoms with Crippen molar-refractivity contribution in [2.45, 2.75) is 116 Å². The first-order valence-electron chi connectivity index (χ1n) is 25.1. The van der Waals surface area contributed by atoms with Gasteiger partial charge in [0.05, 0.1) is 17.8 Å². The zero-order chi connectivity index (χ0) is 48.3. The van der Waals surface area contributed by atoms with Crippen LogP contribution in [0.25, 0.3) is 0 Å². The van der Waals surface area contributed by atoms with Crippen LogP contribution in [0.4, 0.5) is 31.8 Å². The fraction of sp³-hybridized carbons (Fsp3) is 0.588. The number of unbranched alkanes of at least 4 members (excludes halogenated alkanes) is 4. The molecule has 3 aromatic rings. The molecule has 0 radical (unpaired) electrons. The predicted molar refractivity (Wildman–Crippen MR) is 259 cm³/mol. The van der Waals surface area contributed by atoms with Crippen LogP contribution < -0.4 is 30.7 Å². The molecule has 69 heavy (non-hydrogen) atoms. The first kappa shape index (κ1) is 48.1. The molecule has 6 aliphatic heterocycles. The molecule has 0 saturated carbocycles. The molecular formula is C51H67F2N11O5. The number of anilines is 4. The number of rotatable bonds is 15. The number of hydrogen-bond acceptors (Lipinski definition) is 12. The number of halogens is 2. The number of piperazine rings is 2. The Hall–Kier alpha value is -5.91. The lowest BCUT2D eigenvalue weighted by Crippen LogP contribution is -2.66. The normalized spacial score (nSPS) is 21.7. The summed E-state index contributed by atoms with van der Waals surface area (Å²) >= 11 is 0. The molecule has 5 saturated heterocycles. The molecule has 6 aliphatic rings. The van der Waals surface area contributed by atoms with Crippen molar-refractivity contribution in [3.05, 3.63) is 71.1 Å². The number of fused-ring (bicyclic) bond motifs is 1. The summed E-state index contributed by atoms with van der Waals surface area (Å²) in [6, 6.07) is 9.69. The van der Waals surface area contributed by atoms with Crippen molar-refractivity contribution in [1.82, 2.24) is 35.3 Å². The Balaban J connectivity index is 0.654. The maximum Gasteiger partial charge on any atom is 0.255 e. The zero-order valence-corrected chi connectivity index (χ0v) is 40.2.